The van der Waals surface area contributed by atoms with Crippen LogP contribution in [0.2, 0.25) is 0 Å². The van der Waals surface area contributed by atoms with Crippen molar-refractivity contribution in [3.05, 3.63) is 16.8 Å². The maximum atomic E-state index is 11.9. The monoisotopic (exact) mass is 433 g/mol. The van der Waals surface area contributed by atoms with E-state index in [9.17, 15) is 9.90 Å². The van der Waals surface area contributed by atoms with Crippen LogP contribution < -0.4 is 10.1 Å². The van der Waals surface area contributed by atoms with Crippen LogP contribution in [0.15, 0.2) is 6.33 Å². The summed E-state index contributed by atoms with van der Waals surface area (Å²) in [4.78, 5) is 23.0. The van der Waals surface area contributed by atoms with E-state index in [1.54, 1.807) is 17.7 Å². The molecule has 0 aliphatic heterocycles. The molecule has 1 unspecified atom stereocenters. The molecule has 2 aromatic rings. The topological polar surface area (TPSA) is 93.6 Å². The second kappa shape index (κ2) is 8.67. The maximum Gasteiger partial charge on any atom is 0.407 e. The van der Waals surface area contributed by atoms with Gasteiger partial charge in [0, 0.05) is 17.3 Å². The van der Waals surface area contributed by atoms with E-state index in [1.165, 1.54) is 10.4 Å². The third-order valence-electron chi connectivity index (χ3n) is 5.92. The average Bonchev–Trinajstić information content (AvgIpc) is 3.25. The molecule has 0 radical (unpaired) electrons. The van der Waals surface area contributed by atoms with Crippen LogP contribution in [0.5, 0.6) is 5.88 Å². The predicted molar refractivity (Wildman–Crippen MR) is 116 cm³/mol. The number of carbonyl (C=O) groups excluding carboxylic acids is 1. The van der Waals surface area contributed by atoms with Gasteiger partial charge in [-0.1, -0.05) is 0 Å². The number of aliphatic hydroxyl groups excluding tert-OH is 1. The lowest BCUT2D eigenvalue weighted by Crippen LogP contribution is -2.37. The Balaban J connectivity index is 1.35. The number of rotatable bonds is 5. The van der Waals surface area contributed by atoms with Gasteiger partial charge in [0.2, 0.25) is 5.88 Å². The zero-order chi connectivity index (χ0) is 21.3. The number of nitrogens with zero attached hydrogens (tertiary/aromatic N) is 2. The first kappa shape index (κ1) is 21.3. The van der Waals surface area contributed by atoms with Gasteiger partial charge < -0.3 is 19.9 Å². The summed E-state index contributed by atoms with van der Waals surface area (Å²) in [7, 11) is 0. The first-order valence-corrected chi connectivity index (χ1v) is 11.7. The molecule has 2 aliphatic carbocycles. The first-order chi connectivity index (χ1) is 14.3. The van der Waals surface area contributed by atoms with Crippen LogP contribution in [-0.4, -0.2) is 46.0 Å². The van der Waals surface area contributed by atoms with Crippen molar-refractivity contribution >= 4 is 27.6 Å². The number of aliphatic hydroxyl groups is 1. The van der Waals surface area contributed by atoms with Gasteiger partial charge in [-0.25, -0.2) is 14.8 Å². The number of hydrogen-bond acceptors (Lipinski definition) is 7. The van der Waals surface area contributed by atoms with Gasteiger partial charge in [-0.3, -0.25) is 0 Å². The minimum absolute atomic E-state index is 0.116. The number of carbonyl (C=O) groups is 1. The van der Waals surface area contributed by atoms with Crippen LogP contribution in [0.1, 0.15) is 69.2 Å². The summed E-state index contributed by atoms with van der Waals surface area (Å²) in [5.74, 6) is 1.26. The number of alkyl carbamates (subject to hydrolysis) is 1. The molecule has 0 saturated heterocycles. The number of aromatic nitrogens is 2. The second-order valence-electron chi connectivity index (χ2n) is 9.36. The molecule has 1 atom stereocenters. The molecular formula is C22H31N3O4S. The Bertz CT molecular complexity index is 900. The molecule has 1 amide bonds. The fraction of sp³-hybridized carbons (Fsp3) is 0.682. The largest absolute Gasteiger partial charge is 0.474 e. The van der Waals surface area contributed by atoms with Crippen molar-refractivity contribution in [2.45, 2.75) is 76.9 Å². The molecule has 8 heteroatoms. The molecule has 4 rings (SSSR count). The minimum Gasteiger partial charge on any atom is -0.474 e. The van der Waals surface area contributed by atoms with Gasteiger partial charge in [0.05, 0.1) is 12.0 Å². The molecule has 30 heavy (non-hydrogen) atoms. The smallest absolute Gasteiger partial charge is 0.407 e. The molecule has 7 nitrogen and oxygen atoms in total. The first-order valence-electron chi connectivity index (χ1n) is 10.8. The Morgan fingerprint density at radius 3 is 2.70 bits per heavy atom. The van der Waals surface area contributed by atoms with Crippen LogP contribution in [0.4, 0.5) is 4.79 Å². The molecule has 2 N–H and O–H groups in total. The zero-order valence-electron chi connectivity index (χ0n) is 17.9. The lowest BCUT2D eigenvalue weighted by atomic mass is 9.87. The number of fused-ring (bicyclic) bond motifs is 3. The number of ether oxygens (including phenoxy) is 2. The SMILES string of the molecule is CC(C)(C)OC(=O)NCC1CCC(Oc2ncnc3sc4c(c23)C(CO)CC4)CC1. The second-order valence-corrected chi connectivity index (χ2v) is 10.4. The van der Waals surface area contributed by atoms with Crippen LogP contribution >= 0.6 is 11.3 Å². The lowest BCUT2D eigenvalue weighted by Gasteiger charge is -2.29. The van der Waals surface area contributed by atoms with Gasteiger partial charge in [-0.05, 0) is 70.8 Å². The molecule has 2 heterocycles. The van der Waals surface area contributed by atoms with E-state index in [4.69, 9.17) is 9.47 Å². The van der Waals surface area contributed by atoms with Crippen molar-refractivity contribution in [3.8, 4) is 5.88 Å². The summed E-state index contributed by atoms with van der Waals surface area (Å²) in [6, 6.07) is 0. The van der Waals surface area contributed by atoms with Crippen LogP contribution in [0.3, 0.4) is 0 Å². The number of hydrogen-bond donors (Lipinski definition) is 2. The Morgan fingerprint density at radius 2 is 2.00 bits per heavy atom. The third-order valence-corrected chi connectivity index (χ3v) is 7.10. The summed E-state index contributed by atoms with van der Waals surface area (Å²) in [6.45, 7) is 6.39. The highest BCUT2D eigenvalue weighted by Crippen LogP contribution is 2.46. The highest BCUT2D eigenvalue weighted by molar-refractivity contribution is 7.19. The predicted octanol–water partition coefficient (Wildman–Crippen LogP) is 4.18. The van der Waals surface area contributed by atoms with Gasteiger partial charge in [-0.2, -0.15) is 0 Å². The molecule has 0 bridgehead atoms. The van der Waals surface area contributed by atoms with E-state index in [1.807, 2.05) is 20.8 Å². The molecule has 2 aromatic heterocycles. The molecule has 0 spiro atoms. The highest BCUT2D eigenvalue weighted by atomic mass is 32.1. The Labute approximate surface area is 181 Å². The zero-order valence-corrected chi connectivity index (χ0v) is 18.8. The van der Waals surface area contributed by atoms with E-state index >= 15 is 0 Å². The van der Waals surface area contributed by atoms with E-state index in [-0.39, 0.29) is 24.7 Å². The number of thiophene rings is 1. The van der Waals surface area contributed by atoms with Crippen molar-refractivity contribution < 1.29 is 19.4 Å². The third kappa shape index (κ3) is 4.70. The van der Waals surface area contributed by atoms with Gasteiger partial charge in [-0.15, -0.1) is 11.3 Å². The average molecular weight is 434 g/mol. The maximum absolute atomic E-state index is 11.9. The summed E-state index contributed by atoms with van der Waals surface area (Å²) in [5.41, 5.74) is 0.721. The normalized spacial score (nSPS) is 23.9. The Morgan fingerprint density at radius 1 is 1.23 bits per heavy atom. The van der Waals surface area contributed by atoms with Crippen molar-refractivity contribution in [1.29, 1.82) is 0 Å². The van der Waals surface area contributed by atoms with E-state index in [0.717, 1.165) is 48.7 Å². The van der Waals surface area contributed by atoms with Gasteiger partial charge >= 0.3 is 6.09 Å². The molecular weight excluding hydrogens is 402 g/mol. The fourth-order valence-corrected chi connectivity index (χ4v) is 5.70. The number of nitrogens with one attached hydrogen (secondary N) is 1. The van der Waals surface area contributed by atoms with Crippen molar-refractivity contribution in [3.63, 3.8) is 0 Å². The molecule has 1 fully saturated rings. The molecule has 1 saturated carbocycles. The molecule has 0 aromatic carbocycles. The summed E-state index contributed by atoms with van der Waals surface area (Å²) in [6.07, 6.45) is 7.18. The van der Waals surface area contributed by atoms with Gasteiger partial charge in [0.25, 0.3) is 0 Å². The van der Waals surface area contributed by atoms with E-state index in [2.05, 4.69) is 15.3 Å². The Kier molecular flexibility index (Phi) is 6.16. The number of aryl methyl sites for hydroxylation is 1. The van der Waals surface area contributed by atoms with Gasteiger partial charge in [0.15, 0.2) is 0 Å². The van der Waals surface area contributed by atoms with Gasteiger partial charge in [0.1, 0.15) is 22.9 Å². The molecule has 164 valence electrons. The summed E-state index contributed by atoms with van der Waals surface area (Å²) < 4.78 is 11.7. The van der Waals surface area contributed by atoms with Crippen LogP contribution in [-0.2, 0) is 11.2 Å². The van der Waals surface area contributed by atoms with Crippen LogP contribution in [0.25, 0.3) is 10.2 Å². The molecule has 2 aliphatic rings. The van der Waals surface area contributed by atoms with Crippen molar-refractivity contribution in [2.24, 2.45) is 5.92 Å². The standard InChI is InChI=1S/C22H31N3O4S/c1-22(2,3)29-21(27)23-10-13-4-7-15(8-5-13)28-19-18-17-14(11-26)6-9-16(17)30-20(18)25-12-24-19/h12-15,26H,4-11H2,1-3H3,(H,23,27). The van der Waals surface area contributed by atoms with Crippen molar-refractivity contribution in [2.75, 3.05) is 13.2 Å². The van der Waals surface area contributed by atoms with E-state index < -0.39 is 5.60 Å². The van der Waals surface area contributed by atoms with Crippen molar-refractivity contribution in [1.82, 2.24) is 15.3 Å². The quantitative estimate of drug-likeness (QED) is 0.735. The minimum atomic E-state index is -0.477. The summed E-state index contributed by atoms with van der Waals surface area (Å²) >= 11 is 1.70. The van der Waals surface area contributed by atoms with E-state index in [0.29, 0.717) is 18.3 Å². The Hall–Kier alpha value is -1.93. The summed E-state index contributed by atoms with van der Waals surface area (Å²) in [5, 5.41) is 13.7. The number of amides is 1. The lowest BCUT2D eigenvalue weighted by molar-refractivity contribution is 0.0507. The van der Waals surface area contributed by atoms with Crippen LogP contribution in [0, 0.1) is 5.92 Å². The fourth-order valence-electron chi connectivity index (χ4n) is 4.47. The highest BCUT2D eigenvalue weighted by Gasteiger charge is 2.31.